The van der Waals surface area contributed by atoms with Crippen LogP contribution >= 0.6 is 7.82 Å². The molecule has 0 heterocycles. The highest BCUT2D eigenvalue weighted by Crippen LogP contribution is 2.25. The zero-order chi connectivity index (χ0) is 11.9. The van der Waals surface area contributed by atoms with Crippen molar-refractivity contribution in [1.82, 2.24) is 0 Å². The molecule has 84 valence electrons. The van der Waals surface area contributed by atoms with Crippen LogP contribution < -0.4 is 0 Å². The highest BCUT2D eigenvalue weighted by Gasteiger charge is 2.00. The lowest BCUT2D eigenvalue weighted by atomic mass is 10.2. The summed E-state index contributed by atoms with van der Waals surface area (Å²) < 4.78 is 8.88. The van der Waals surface area contributed by atoms with E-state index in [-0.39, 0.29) is 6.42 Å². The molecule has 0 aliphatic heterocycles. The molecule has 1 aromatic rings. The highest BCUT2D eigenvalue weighted by molar-refractivity contribution is 7.45. The summed E-state index contributed by atoms with van der Waals surface area (Å²) in [4.78, 5) is 31.7. The van der Waals surface area contributed by atoms with Crippen LogP contribution in [-0.4, -0.2) is 25.8 Å². The first-order valence-electron chi connectivity index (χ1n) is 3.83. The van der Waals surface area contributed by atoms with Crippen molar-refractivity contribution in [2.24, 2.45) is 0 Å². The van der Waals surface area contributed by atoms with E-state index in [9.17, 15) is 4.79 Å². The van der Waals surface area contributed by atoms with Crippen LogP contribution in [0.3, 0.4) is 0 Å². The van der Waals surface area contributed by atoms with Gasteiger partial charge in [-0.2, -0.15) is 0 Å². The van der Waals surface area contributed by atoms with Gasteiger partial charge in [0.05, 0.1) is 6.42 Å². The van der Waals surface area contributed by atoms with E-state index in [1.807, 2.05) is 18.2 Å². The first-order valence-corrected chi connectivity index (χ1v) is 5.39. The number of hydrogen-bond acceptors (Lipinski definition) is 2. The van der Waals surface area contributed by atoms with E-state index in [1.54, 1.807) is 12.1 Å². The number of carbonyl (C=O) groups is 1. The normalized spacial score (nSPS) is 10.1. The van der Waals surface area contributed by atoms with E-state index < -0.39 is 13.8 Å². The third kappa shape index (κ3) is 12.8. The fourth-order valence-corrected chi connectivity index (χ4v) is 0.770. The Labute approximate surface area is 86.1 Å². The second-order valence-electron chi connectivity index (χ2n) is 2.57. The number of aliphatic carboxylic acids is 1. The van der Waals surface area contributed by atoms with Crippen molar-refractivity contribution in [1.29, 1.82) is 0 Å². The van der Waals surface area contributed by atoms with Crippen molar-refractivity contribution in [2.45, 2.75) is 6.42 Å². The molecule has 0 saturated heterocycles. The van der Waals surface area contributed by atoms with E-state index in [0.29, 0.717) is 0 Å². The Morgan fingerprint density at radius 2 is 1.53 bits per heavy atom. The van der Waals surface area contributed by atoms with Crippen LogP contribution in [0.5, 0.6) is 0 Å². The molecule has 0 radical (unpaired) electrons. The van der Waals surface area contributed by atoms with Crippen LogP contribution in [0.4, 0.5) is 0 Å². The Morgan fingerprint density at radius 1 is 1.13 bits per heavy atom. The molecule has 1 aromatic carbocycles. The third-order valence-electron chi connectivity index (χ3n) is 1.20. The van der Waals surface area contributed by atoms with E-state index >= 15 is 0 Å². The van der Waals surface area contributed by atoms with Gasteiger partial charge in [-0.25, -0.2) is 4.57 Å². The maximum atomic E-state index is 10.2. The molecule has 0 aromatic heterocycles. The molecular formula is C8H11O6P. The molecule has 1 rings (SSSR count). The summed E-state index contributed by atoms with van der Waals surface area (Å²) in [7, 11) is -4.64. The third-order valence-corrected chi connectivity index (χ3v) is 1.20. The van der Waals surface area contributed by atoms with Gasteiger partial charge in [0, 0.05) is 0 Å². The molecule has 0 saturated carbocycles. The van der Waals surface area contributed by atoms with Crippen molar-refractivity contribution < 1.29 is 29.1 Å². The van der Waals surface area contributed by atoms with Crippen LogP contribution in [-0.2, 0) is 15.8 Å². The van der Waals surface area contributed by atoms with Gasteiger partial charge in [0.15, 0.2) is 0 Å². The van der Waals surface area contributed by atoms with Crippen LogP contribution in [0.2, 0.25) is 0 Å². The molecule has 4 N–H and O–H groups in total. The minimum Gasteiger partial charge on any atom is -0.481 e. The number of carboxylic acids is 1. The fourth-order valence-electron chi connectivity index (χ4n) is 0.770. The number of rotatable bonds is 2. The van der Waals surface area contributed by atoms with Crippen LogP contribution in [0.1, 0.15) is 5.56 Å². The summed E-state index contributed by atoms with van der Waals surface area (Å²) in [6.45, 7) is 0. The predicted octanol–water partition coefficient (Wildman–Crippen LogP) is 0.385. The lowest BCUT2D eigenvalue weighted by molar-refractivity contribution is -0.136. The summed E-state index contributed by atoms with van der Waals surface area (Å²) >= 11 is 0. The zero-order valence-corrected chi connectivity index (χ0v) is 8.54. The minimum absolute atomic E-state index is 0.112. The predicted molar refractivity (Wildman–Crippen MR) is 52.0 cm³/mol. The van der Waals surface area contributed by atoms with Crippen LogP contribution in [0.25, 0.3) is 0 Å². The molecule has 0 fully saturated rings. The second-order valence-corrected chi connectivity index (χ2v) is 3.60. The summed E-state index contributed by atoms with van der Waals surface area (Å²) in [5.41, 5.74) is 0.843. The van der Waals surface area contributed by atoms with Crippen molar-refractivity contribution >= 4 is 13.8 Å². The Kier molecular flexibility index (Phi) is 5.81. The van der Waals surface area contributed by atoms with E-state index in [1.165, 1.54) is 0 Å². The molecule has 0 aliphatic rings. The maximum Gasteiger partial charge on any atom is 0.466 e. The number of hydrogen-bond donors (Lipinski definition) is 4. The quantitative estimate of drug-likeness (QED) is 0.550. The number of phosphoric acid groups is 1. The van der Waals surface area contributed by atoms with Gasteiger partial charge in [-0.1, -0.05) is 30.3 Å². The van der Waals surface area contributed by atoms with E-state index in [2.05, 4.69) is 0 Å². The molecule has 7 heteroatoms. The second kappa shape index (κ2) is 6.31. The van der Waals surface area contributed by atoms with Gasteiger partial charge in [-0.15, -0.1) is 0 Å². The Bertz CT molecular complexity index is 335. The van der Waals surface area contributed by atoms with Gasteiger partial charge in [0.1, 0.15) is 0 Å². The molecule has 0 atom stereocenters. The largest absolute Gasteiger partial charge is 0.481 e. The number of carboxylic acid groups (broad SMARTS) is 1. The smallest absolute Gasteiger partial charge is 0.466 e. The Balaban J connectivity index is 0.000000336. The Morgan fingerprint density at radius 3 is 1.87 bits per heavy atom. The molecule has 0 bridgehead atoms. The van der Waals surface area contributed by atoms with Gasteiger partial charge in [-0.05, 0) is 5.56 Å². The SMILES string of the molecule is O=C(O)Cc1ccccc1.O=P(O)(O)O. The van der Waals surface area contributed by atoms with Crippen molar-refractivity contribution in [3.8, 4) is 0 Å². The molecule has 0 spiro atoms. The first kappa shape index (κ1) is 13.8. The first-order chi connectivity index (χ1) is 6.79. The standard InChI is InChI=1S/C8H8O2.H3O4P/c9-8(10)6-7-4-2-1-3-5-7;1-5(2,3)4/h1-5H,6H2,(H,9,10);(H3,1,2,3,4). The van der Waals surface area contributed by atoms with Crippen LogP contribution in [0.15, 0.2) is 30.3 Å². The highest BCUT2D eigenvalue weighted by atomic mass is 31.2. The minimum atomic E-state index is -4.64. The van der Waals surface area contributed by atoms with Gasteiger partial charge in [-0.3, -0.25) is 4.79 Å². The van der Waals surface area contributed by atoms with Gasteiger partial charge in [0.25, 0.3) is 0 Å². The van der Waals surface area contributed by atoms with Crippen molar-refractivity contribution in [3.05, 3.63) is 35.9 Å². The fraction of sp³-hybridized carbons (Fsp3) is 0.125. The molecular weight excluding hydrogens is 223 g/mol. The average Bonchev–Trinajstić information content (AvgIpc) is 2.01. The van der Waals surface area contributed by atoms with Crippen LogP contribution in [0, 0.1) is 0 Å². The molecule has 0 aliphatic carbocycles. The molecule has 6 nitrogen and oxygen atoms in total. The van der Waals surface area contributed by atoms with E-state index in [0.717, 1.165) is 5.56 Å². The number of benzene rings is 1. The summed E-state index contributed by atoms with van der Waals surface area (Å²) in [5, 5.41) is 8.37. The monoisotopic (exact) mass is 234 g/mol. The van der Waals surface area contributed by atoms with Gasteiger partial charge >= 0.3 is 13.8 Å². The molecule has 0 amide bonds. The maximum absolute atomic E-state index is 10.2. The lowest BCUT2D eigenvalue weighted by Gasteiger charge is -1.92. The summed E-state index contributed by atoms with van der Waals surface area (Å²) in [6.07, 6.45) is 0.112. The van der Waals surface area contributed by atoms with Crippen molar-refractivity contribution in [3.63, 3.8) is 0 Å². The Hall–Kier alpha value is -1.20. The average molecular weight is 234 g/mol. The van der Waals surface area contributed by atoms with Gasteiger partial charge < -0.3 is 19.8 Å². The zero-order valence-electron chi connectivity index (χ0n) is 7.65. The summed E-state index contributed by atoms with van der Waals surface area (Å²) in [5.74, 6) is -0.786. The molecule has 0 unspecified atom stereocenters. The molecule has 15 heavy (non-hydrogen) atoms. The summed E-state index contributed by atoms with van der Waals surface area (Å²) in [6, 6.07) is 9.13. The van der Waals surface area contributed by atoms with Gasteiger partial charge in [0.2, 0.25) is 0 Å². The topological polar surface area (TPSA) is 115 Å². The lowest BCUT2D eigenvalue weighted by Crippen LogP contribution is -1.98. The van der Waals surface area contributed by atoms with E-state index in [4.69, 9.17) is 24.4 Å². The van der Waals surface area contributed by atoms with Crippen molar-refractivity contribution in [2.75, 3.05) is 0 Å².